The van der Waals surface area contributed by atoms with E-state index in [1.807, 2.05) is 19.9 Å². The van der Waals surface area contributed by atoms with Crippen LogP contribution in [0, 0.1) is 6.92 Å². The van der Waals surface area contributed by atoms with Gasteiger partial charge in [-0.2, -0.15) is 0 Å². The lowest BCUT2D eigenvalue weighted by Crippen LogP contribution is -2.10. The first-order chi connectivity index (χ1) is 7.62. The van der Waals surface area contributed by atoms with Gasteiger partial charge in [0, 0.05) is 18.2 Å². The van der Waals surface area contributed by atoms with Gasteiger partial charge in [0.25, 0.3) is 0 Å². The number of anilines is 1. The Morgan fingerprint density at radius 3 is 2.31 bits per heavy atom. The maximum Gasteiger partial charge on any atom is 0.224 e. The molecular weight excluding hydrogens is 206 g/mol. The average molecular weight is 223 g/mol. The third kappa shape index (κ3) is 2.66. The van der Waals surface area contributed by atoms with Crippen LogP contribution in [0.15, 0.2) is 12.1 Å². The fourth-order valence-corrected chi connectivity index (χ4v) is 1.35. The first-order valence-corrected chi connectivity index (χ1v) is 5.14. The fraction of sp³-hybridized carbons (Fsp3) is 0.417. The van der Waals surface area contributed by atoms with Crippen molar-refractivity contribution in [3.05, 3.63) is 17.7 Å². The molecule has 0 fully saturated rings. The monoisotopic (exact) mass is 223 g/mol. The summed E-state index contributed by atoms with van der Waals surface area (Å²) >= 11 is 0. The lowest BCUT2D eigenvalue weighted by Gasteiger charge is -2.13. The van der Waals surface area contributed by atoms with Crippen LogP contribution < -0.4 is 14.8 Å². The zero-order valence-electron chi connectivity index (χ0n) is 10.1. The SMILES string of the molecule is CCC(=O)Nc1cc(OC)c(OC)cc1C. The summed E-state index contributed by atoms with van der Waals surface area (Å²) in [7, 11) is 3.15. The van der Waals surface area contributed by atoms with Crippen LogP contribution in [-0.4, -0.2) is 20.1 Å². The molecular formula is C12H17NO3. The van der Waals surface area contributed by atoms with E-state index in [0.29, 0.717) is 17.9 Å². The van der Waals surface area contributed by atoms with Crippen molar-refractivity contribution in [2.75, 3.05) is 19.5 Å². The smallest absolute Gasteiger partial charge is 0.224 e. The predicted octanol–water partition coefficient (Wildman–Crippen LogP) is 2.36. The van der Waals surface area contributed by atoms with Gasteiger partial charge < -0.3 is 14.8 Å². The molecule has 16 heavy (non-hydrogen) atoms. The highest BCUT2D eigenvalue weighted by atomic mass is 16.5. The van der Waals surface area contributed by atoms with Gasteiger partial charge in [-0.25, -0.2) is 0 Å². The standard InChI is InChI=1S/C12H17NO3/c1-5-12(14)13-9-7-11(16-4)10(15-3)6-8(9)2/h6-7H,5H2,1-4H3,(H,13,14). The molecule has 1 rings (SSSR count). The molecule has 0 heterocycles. The number of ether oxygens (including phenoxy) is 2. The van der Waals surface area contributed by atoms with Crippen molar-refractivity contribution >= 4 is 11.6 Å². The molecule has 1 aromatic rings. The van der Waals surface area contributed by atoms with Crippen molar-refractivity contribution in [2.24, 2.45) is 0 Å². The van der Waals surface area contributed by atoms with Crippen molar-refractivity contribution in [3.8, 4) is 11.5 Å². The Labute approximate surface area is 95.6 Å². The highest BCUT2D eigenvalue weighted by Crippen LogP contribution is 2.32. The Bertz CT molecular complexity index is 388. The quantitative estimate of drug-likeness (QED) is 0.852. The largest absolute Gasteiger partial charge is 0.493 e. The van der Waals surface area contributed by atoms with Crippen molar-refractivity contribution in [1.82, 2.24) is 0 Å². The molecule has 0 radical (unpaired) electrons. The molecule has 0 atom stereocenters. The van der Waals surface area contributed by atoms with Gasteiger partial charge in [0.2, 0.25) is 5.91 Å². The van der Waals surface area contributed by atoms with Crippen LogP contribution in [0.3, 0.4) is 0 Å². The van der Waals surface area contributed by atoms with E-state index in [1.54, 1.807) is 20.3 Å². The number of amides is 1. The second kappa shape index (κ2) is 5.39. The second-order valence-corrected chi connectivity index (χ2v) is 3.42. The highest BCUT2D eigenvalue weighted by Gasteiger charge is 2.09. The number of hydrogen-bond acceptors (Lipinski definition) is 3. The van der Waals surface area contributed by atoms with Gasteiger partial charge in [-0.15, -0.1) is 0 Å². The molecule has 0 unspecified atom stereocenters. The van der Waals surface area contributed by atoms with Crippen LogP contribution >= 0.6 is 0 Å². The summed E-state index contributed by atoms with van der Waals surface area (Å²) in [6.45, 7) is 3.72. The summed E-state index contributed by atoms with van der Waals surface area (Å²) in [6.07, 6.45) is 0.452. The van der Waals surface area contributed by atoms with E-state index < -0.39 is 0 Å². The van der Waals surface area contributed by atoms with Gasteiger partial charge >= 0.3 is 0 Å². The van der Waals surface area contributed by atoms with Crippen LogP contribution in [0.2, 0.25) is 0 Å². The average Bonchev–Trinajstić information content (AvgIpc) is 2.30. The normalized spacial score (nSPS) is 9.75. The summed E-state index contributed by atoms with van der Waals surface area (Å²) in [4.78, 5) is 11.3. The van der Waals surface area contributed by atoms with E-state index in [0.717, 1.165) is 11.3 Å². The molecule has 1 aromatic carbocycles. The van der Waals surface area contributed by atoms with Crippen LogP contribution in [0.4, 0.5) is 5.69 Å². The molecule has 4 heteroatoms. The van der Waals surface area contributed by atoms with Gasteiger partial charge in [0.05, 0.1) is 14.2 Å². The zero-order chi connectivity index (χ0) is 12.1. The number of benzene rings is 1. The number of methoxy groups -OCH3 is 2. The minimum atomic E-state index is -0.0182. The summed E-state index contributed by atoms with van der Waals surface area (Å²) in [5.74, 6) is 1.25. The molecule has 0 saturated heterocycles. The first-order valence-electron chi connectivity index (χ1n) is 5.14. The van der Waals surface area contributed by atoms with Crippen molar-refractivity contribution in [2.45, 2.75) is 20.3 Å². The summed E-state index contributed by atoms with van der Waals surface area (Å²) in [5.41, 5.74) is 1.70. The minimum absolute atomic E-state index is 0.0182. The molecule has 0 aliphatic carbocycles. The third-order valence-corrected chi connectivity index (χ3v) is 2.33. The molecule has 0 spiro atoms. The predicted molar refractivity (Wildman–Crippen MR) is 63.2 cm³/mol. The molecule has 0 aliphatic rings. The number of carbonyl (C=O) groups is 1. The summed E-state index contributed by atoms with van der Waals surface area (Å²) < 4.78 is 10.3. The number of nitrogens with one attached hydrogen (secondary N) is 1. The van der Waals surface area contributed by atoms with E-state index in [9.17, 15) is 4.79 Å². The van der Waals surface area contributed by atoms with Gasteiger partial charge in [-0.1, -0.05) is 6.92 Å². The zero-order valence-corrected chi connectivity index (χ0v) is 10.1. The van der Waals surface area contributed by atoms with Crippen LogP contribution in [0.25, 0.3) is 0 Å². The van der Waals surface area contributed by atoms with Gasteiger partial charge in [0.1, 0.15) is 0 Å². The molecule has 4 nitrogen and oxygen atoms in total. The van der Waals surface area contributed by atoms with Gasteiger partial charge in [-0.3, -0.25) is 4.79 Å². The highest BCUT2D eigenvalue weighted by molar-refractivity contribution is 5.91. The molecule has 0 aliphatic heterocycles. The number of aryl methyl sites for hydroxylation is 1. The van der Waals surface area contributed by atoms with E-state index in [1.165, 1.54) is 0 Å². The van der Waals surface area contributed by atoms with Crippen LogP contribution in [0.1, 0.15) is 18.9 Å². The van der Waals surface area contributed by atoms with E-state index in [-0.39, 0.29) is 5.91 Å². The Morgan fingerprint density at radius 1 is 1.25 bits per heavy atom. The Kier molecular flexibility index (Phi) is 4.17. The van der Waals surface area contributed by atoms with Crippen molar-refractivity contribution in [3.63, 3.8) is 0 Å². The van der Waals surface area contributed by atoms with Crippen molar-refractivity contribution in [1.29, 1.82) is 0 Å². The maximum atomic E-state index is 11.3. The Morgan fingerprint density at radius 2 is 1.81 bits per heavy atom. The van der Waals surface area contributed by atoms with Crippen LogP contribution in [0.5, 0.6) is 11.5 Å². The van der Waals surface area contributed by atoms with Gasteiger partial charge in [0.15, 0.2) is 11.5 Å². The molecule has 0 aromatic heterocycles. The lowest BCUT2D eigenvalue weighted by molar-refractivity contribution is -0.115. The first kappa shape index (κ1) is 12.4. The third-order valence-electron chi connectivity index (χ3n) is 2.33. The van der Waals surface area contributed by atoms with Gasteiger partial charge in [-0.05, 0) is 18.6 Å². The van der Waals surface area contributed by atoms with Crippen molar-refractivity contribution < 1.29 is 14.3 Å². The van der Waals surface area contributed by atoms with Crippen LogP contribution in [-0.2, 0) is 4.79 Å². The maximum absolute atomic E-state index is 11.3. The topological polar surface area (TPSA) is 47.6 Å². The Balaban J connectivity index is 3.06. The van der Waals surface area contributed by atoms with E-state index in [2.05, 4.69) is 5.32 Å². The Hall–Kier alpha value is -1.71. The number of rotatable bonds is 4. The summed E-state index contributed by atoms with van der Waals surface area (Å²) in [6, 6.07) is 3.60. The van der Waals surface area contributed by atoms with E-state index in [4.69, 9.17) is 9.47 Å². The number of hydrogen-bond donors (Lipinski definition) is 1. The lowest BCUT2D eigenvalue weighted by atomic mass is 10.1. The molecule has 1 N–H and O–H groups in total. The molecule has 1 amide bonds. The van der Waals surface area contributed by atoms with E-state index >= 15 is 0 Å². The fourth-order valence-electron chi connectivity index (χ4n) is 1.35. The second-order valence-electron chi connectivity index (χ2n) is 3.42. The number of carbonyl (C=O) groups excluding carboxylic acids is 1. The molecule has 88 valence electrons. The molecule has 0 bridgehead atoms. The summed E-state index contributed by atoms with van der Waals surface area (Å²) in [5, 5.41) is 2.81. The molecule has 0 saturated carbocycles. The minimum Gasteiger partial charge on any atom is -0.493 e.